The summed E-state index contributed by atoms with van der Waals surface area (Å²) in [5, 5.41) is 9.15. The van der Waals surface area contributed by atoms with Crippen LogP contribution in [0.1, 0.15) is 35.2 Å². The van der Waals surface area contributed by atoms with Gasteiger partial charge in [-0.1, -0.05) is 22.4 Å². The summed E-state index contributed by atoms with van der Waals surface area (Å²) in [6.07, 6.45) is 3.73. The van der Waals surface area contributed by atoms with Crippen LogP contribution in [-0.4, -0.2) is 29.1 Å². The molecule has 1 aromatic rings. The summed E-state index contributed by atoms with van der Waals surface area (Å²) >= 11 is 3.40. The Hall–Kier alpha value is -0.580. The zero-order chi connectivity index (χ0) is 12.3. The molecule has 0 aromatic heterocycles. The first-order valence-corrected chi connectivity index (χ1v) is 6.70. The van der Waals surface area contributed by atoms with E-state index in [2.05, 4.69) is 20.8 Å². The number of carboxylic acids is 1. The summed E-state index contributed by atoms with van der Waals surface area (Å²) in [4.78, 5) is 13.5. The molecule has 0 saturated carbocycles. The minimum Gasteiger partial charge on any atom is -0.478 e. The predicted octanol–water partition coefficient (Wildman–Crippen LogP) is 3.56. The number of hydrogen-bond donors (Lipinski definition) is 1. The number of nitrogens with zero attached hydrogens (tertiary/aromatic N) is 1. The van der Waals surface area contributed by atoms with Crippen molar-refractivity contribution in [3.8, 4) is 0 Å². The number of halogens is 2. The molecule has 3 nitrogen and oxygen atoms in total. The fourth-order valence-corrected chi connectivity index (χ4v) is 2.67. The van der Waals surface area contributed by atoms with E-state index in [0.29, 0.717) is 5.56 Å². The number of aromatic carboxylic acids is 1. The van der Waals surface area contributed by atoms with Gasteiger partial charge in [0.15, 0.2) is 0 Å². The lowest BCUT2D eigenvalue weighted by atomic mass is 10.1. The standard InChI is InChI=1S/C13H16BrNO2.ClH/c14-11-4-5-12(13(16)17)10(8-11)9-15-6-2-1-3-7-15;/h4-5,8H,1-3,6-7,9H2,(H,16,17);1H. The third-order valence-electron chi connectivity index (χ3n) is 3.14. The highest BCUT2D eigenvalue weighted by Gasteiger charge is 2.15. The van der Waals surface area contributed by atoms with Crippen LogP contribution in [0.2, 0.25) is 0 Å². The monoisotopic (exact) mass is 333 g/mol. The Labute approximate surface area is 122 Å². The maximum atomic E-state index is 11.1. The van der Waals surface area contributed by atoms with Crippen molar-refractivity contribution < 1.29 is 9.90 Å². The molecule has 1 heterocycles. The zero-order valence-corrected chi connectivity index (χ0v) is 12.5. The molecule has 100 valence electrons. The minimum atomic E-state index is -0.843. The Kier molecular flexibility index (Phi) is 6.12. The van der Waals surface area contributed by atoms with E-state index in [0.717, 1.165) is 29.7 Å². The average Bonchev–Trinajstić information content (AvgIpc) is 2.30. The number of likely N-dealkylation sites (tertiary alicyclic amines) is 1. The Balaban J connectivity index is 0.00000162. The van der Waals surface area contributed by atoms with Gasteiger partial charge < -0.3 is 5.11 Å². The topological polar surface area (TPSA) is 40.5 Å². The van der Waals surface area contributed by atoms with Crippen LogP contribution in [0.15, 0.2) is 22.7 Å². The van der Waals surface area contributed by atoms with Crippen LogP contribution in [-0.2, 0) is 6.54 Å². The third-order valence-corrected chi connectivity index (χ3v) is 3.63. The van der Waals surface area contributed by atoms with Crippen LogP contribution >= 0.6 is 28.3 Å². The van der Waals surface area contributed by atoms with Gasteiger partial charge in [0.05, 0.1) is 5.56 Å². The molecule has 1 aliphatic heterocycles. The number of rotatable bonds is 3. The Bertz CT molecular complexity index is 419. The van der Waals surface area contributed by atoms with Crippen molar-refractivity contribution >= 4 is 34.3 Å². The van der Waals surface area contributed by atoms with Gasteiger partial charge in [0.2, 0.25) is 0 Å². The van der Waals surface area contributed by atoms with Gasteiger partial charge in [0, 0.05) is 11.0 Å². The lowest BCUT2D eigenvalue weighted by molar-refractivity contribution is 0.0694. The highest BCUT2D eigenvalue weighted by atomic mass is 79.9. The normalized spacial score (nSPS) is 16.1. The molecular weight excluding hydrogens is 318 g/mol. The number of carboxylic acid groups (broad SMARTS) is 1. The first-order chi connectivity index (χ1) is 8.16. The van der Waals surface area contributed by atoms with Crippen molar-refractivity contribution in [1.82, 2.24) is 4.90 Å². The third kappa shape index (κ3) is 3.97. The highest BCUT2D eigenvalue weighted by Crippen LogP contribution is 2.20. The van der Waals surface area contributed by atoms with E-state index in [1.165, 1.54) is 19.3 Å². The summed E-state index contributed by atoms with van der Waals surface area (Å²) in [6.45, 7) is 2.89. The quantitative estimate of drug-likeness (QED) is 0.919. The van der Waals surface area contributed by atoms with Crippen molar-refractivity contribution in [2.45, 2.75) is 25.8 Å². The number of hydrogen-bond acceptors (Lipinski definition) is 2. The van der Waals surface area contributed by atoms with Crippen molar-refractivity contribution in [3.63, 3.8) is 0 Å². The van der Waals surface area contributed by atoms with E-state index in [-0.39, 0.29) is 12.4 Å². The van der Waals surface area contributed by atoms with E-state index in [4.69, 9.17) is 5.11 Å². The molecule has 1 saturated heterocycles. The Morgan fingerprint density at radius 2 is 1.94 bits per heavy atom. The van der Waals surface area contributed by atoms with Crippen molar-refractivity contribution in [2.75, 3.05) is 13.1 Å². The fraction of sp³-hybridized carbons (Fsp3) is 0.462. The summed E-state index contributed by atoms with van der Waals surface area (Å²) in [7, 11) is 0. The first-order valence-electron chi connectivity index (χ1n) is 5.91. The Morgan fingerprint density at radius 1 is 1.28 bits per heavy atom. The maximum absolute atomic E-state index is 11.1. The lowest BCUT2D eigenvalue weighted by Crippen LogP contribution is -2.29. The molecule has 0 radical (unpaired) electrons. The molecule has 1 aromatic carbocycles. The number of piperidine rings is 1. The molecule has 1 N–H and O–H groups in total. The average molecular weight is 335 g/mol. The van der Waals surface area contributed by atoms with E-state index in [9.17, 15) is 4.79 Å². The molecule has 0 atom stereocenters. The molecule has 0 spiro atoms. The van der Waals surface area contributed by atoms with Gasteiger partial charge >= 0.3 is 5.97 Å². The van der Waals surface area contributed by atoms with Crippen LogP contribution < -0.4 is 0 Å². The molecule has 1 fully saturated rings. The second-order valence-electron chi connectivity index (χ2n) is 4.44. The number of benzene rings is 1. The van der Waals surface area contributed by atoms with Crippen molar-refractivity contribution in [3.05, 3.63) is 33.8 Å². The molecule has 5 heteroatoms. The minimum absolute atomic E-state index is 0. The second-order valence-corrected chi connectivity index (χ2v) is 5.36. The van der Waals surface area contributed by atoms with E-state index < -0.39 is 5.97 Å². The Morgan fingerprint density at radius 3 is 2.56 bits per heavy atom. The summed E-state index contributed by atoms with van der Waals surface area (Å²) in [6, 6.07) is 5.37. The van der Waals surface area contributed by atoms with Gasteiger partial charge in [-0.15, -0.1) is 12.4 Å². The lowest BCUT2D eigenvalue weighted by Gasteiger charge is -2.27. The molecule has 1 aliphatic rings. The smallest absolute Gasteiger partial charge is 0.336 e. The van der Waals surface area contributed by atoms with Gasteiger partial charge in [-0.3, -0.25) is 4.90 Å². The molecule has 0 unspecified atom stereocenters. The first kappa shape index (κ1) is 15.5. The molecule has 0 amide bonds. The molecule has 0 aliphatic carbocycles. The maximum Gasteiger partial charge on any atom is 0.336 e. The van der Waals surface area contributed by atoms with Gasteiger partial charge in [0.1, 0.15) is 0 Å². The number of carbonyl (C=O) groups is 1. The fourth-order valence-electron chi connectivity index (χ4n) is 2.26. The predicted molar refractivity (Wildman–Crippen MR) is 77.5 cm³/mol. The van der Waals surface area contributed by atoms with E-state index in [1.54, 1.807) is 12.1 Å². The van der Waals surface area contributed by atoms with Gasteiger partial charge in [-0.25, -0.2) is 4.79 Å². The molecule has 18 heavy (non-hydrogen) atoms. The van der Waals surface area contributed by atoms with Gasteiger partial charge in [-0.05, 0) is 49.7 Å². The van der Waals surface area contributed by atoms with Crippen LogP contribution in [0.4, 0.5) is 0 Å². The molecule has 2 rings (SSSR count). The van der Waals surface area contributed by atoms with Gasteiger partial charge in [0.25, 0.3) is 0 Å². The van der Waals surface area contributed by atoms with E-state index in [1.807, 2.05) is 6.07 Å². The zero-order valence-electron chi connectivity index (χ0n) is 10.1. The van der Waals surface area contributed by atoms with Crippen LogP contribution in [0.5, 0.6) is 0 Å². The van der Waals surface area contributed by atoms with Gasteiger partial charge in [-0.2, -0.15) is 0 Å². The highest BCUT2D eigenvalue weighted by molar-refractivity contribution is 9.10. The second kappa shape index (κ2) is 7.12. The van der Waals surface area contributed by atoms with E-state index >= 15 is 0 Å². The van der Waals surface area contributed by atoms with Crippen LogP contribution in [0.25, 0.3) is 0 Å². The van der Waals surface area contributed by atoms with Crippen molar-refractivity contribution in [1.29, 1.82) is 0 Å². The van der Waals surface area contributed by atoms with Crippen LogP contribution in [0, 0.1) is 0 Å². The molecule has 0 bridgehead atoms. The summed E-state index contributed by atoms with van der Waals surface area (Å²) in [5.74, 6) is -0.843. The SMILES string of the molecule is Cl.O=C(O)c1ccc(Br)cc1CN1CCCCC1. The summed E-state index contributed by atoms with van der Waals surface area (Å²) in [5.41, 5.74) is 1.31. The summed E-state index contributed by atoms with van der Waals surface area (Å²) < 4.78 is 0.939. The largest absolute Gasteiger partial charge is 0.478 e. The van der Waals surface area contributed by atoms with Crippen LogP contribution in [0.3, 0.4) is 0 Å². The van der Waals surface area contributed by atoms with Crippen molar-refractivity contribution in [2.24, 2.45) is 0 Å². The molecular formula is C13H17BrClNO2.